The van der Waals surface area contributed by atoms with Gasteiger partial charge in [-0.2, -0.15) is 0 Å². The lowest BCUT2D eigenvalue weighted by Gasteiger charge is -2.10. The molecule has 1 heterocycles. The second-order valence-corrected chi connectivity index (χ2v) is 7.46. The lowest BCUT2D eigenvalue weighted by atomic mass is 10.1. The van der Waals surface area contributed by atoms with Crippen LogP contribution in [-0.4, -0.2) is 16.0 Å². The average Bonchev–Trinajstić information content (AvgIpc) is 2.87. The predicted octanol–water partition coefficient (Wildman–Crippen LogP) is 5.22. The Morgan fingerprint density at radius 2 is 1.65 bits per heavy atom. The number of aromatic amines is 1. The van der Waals surface area contributed by atoms with Crippen LogP contribution in [-0.2, 0) is 0 Å². The zero-order valence-electron chi connectivity index (χ0n) is 15.6. The van der Waals surface area contributed by atoms with Crippen LogP contribution in [0.1, 0.15) is 33.5 Å². The number of hydrogen-bond donors (Lipinski definition) is 1. The van der Waals surface area contributed by atoms with Gasteiger partial charge in [0.05, 0.1) is 16.9 Å². The summed E-state index contributed by atoms with van der Waals surface area (Å²) in [6.07, 6.45) is 1.67. The highest BCUT2D eigenvalue weighted by Crippen LogP contribution is 2.25. The van der Waals surface area contributed by atoms with Crippen molar-refractivity contribution in [2.24, 2.45) is 4.99 Å². The van der Waals surface area contributed by atoms with Gasteiger partial charge in [0.25, 0.3) is 5.56 Å². The highest BCUT2D eigenvalue weighted by molar-refractivity contribution is 9.10. The van der Waals surface area contributed by atoms with Crippen molar-refractivity contribution in [3.05, 3.63) is 78.7 Å². The van der Waals surface area contributed by atoms with Crippen molar-refractivity contribution in [3.8, 4) is 5.69 Å². The van der Waals surface area contributed by atoms with Gasteiger partial charge in [-0.05, 0) is 69.0 Å². The Balaban J connectivity index is 2.09. The molecule has 0 unspecified atom stereocenters. The molecule has 4 nitrogen and oxygen atoms in total. The Labute approximate surface area is 161 Å². The van der Waals surface area contributed by atoms with E-state index in [9.17, 15) is 4.79 Å². The number of halogens is 1. The molecule has 1 aromatic heterocycles. The molecule has 1 N–H and O–H groups in total. The third kappa shape index (κ3) is 3.19. The van der Waals surface area contributed by atoms with Crippen LogP contribution in [0, 0.1) is 34.6 Å². The Morgan fingerprint density at radius 1 is 1.00 bits per heavy atom. The fraction of sp³-hybridized carbons (Fsp3) is 0.238. The van der Waals surface area contributed by atoms with Crippen LogP contribution in [0.3, 0.4) is 0 Å². The highest BCUT2D eigenvalue weighted by Gasteiger charge is 2.14. The average molecular weight is 412 g/mol. The molecule has 3 rings (SSSR count). The summed E-state index contributed by atoms with van der Waals surface area (Å²) in [6, 6.07) is 9.96. The fourth-order valence-corrected chi connectivity index (χ4v) is 3.46. The number of benzene rings is 2. The normalized spacial score (nSPS) is 11.5. The molecule has 0 atom stereocenters. The molecule has 2 aromatic carbocycles. The molecule has 0 spiro atoms. The molecular weight excluding hydrogens is 390 g/mol. The molecule has 0 bridgehead atoms. The van der Waals surface area contributed by atoms with E-state index in [-0.39, 0.29) is 5.56 Å². The number of nitrogens with one attached hydrogen (secondary N) is 1. The van der Waals surface area contributed by atoms with Crippen molar-refractivity contribution in [2.45, 2.75) is 34.6 Å². The molecule has 26 heavy (non-hydrogen) atoms. The smallest absolute Gasteiger partial charge is 0.280 e. The van der Waals surface area contributed by atoms with Crippen molar-refractivity contribution >= 4 is 27.8 Å². The minimum Gasteiger partial charge on any atom is -0.295 e. The third-order valence-corrected chi connectivity index (χ3v) is 5.67. The standard InChI is InChI=1S/C21H22BrN3O/c1-12-7-6-8-13(2)20(12)23-11-17-16(5)24-25(21(17)26)19-10-9-18(22)14(3)15(19)4/h6-11,24H,1-5H3. The van der Waals surface area contributed by atoms with Gasteiger partial charge in [-0.1, -0.05) is 34.1 Å². The number of aliphatic imine (C=N–C) groups is 1. The van der Waals surface area contributed by atoms with Crippen LogP contribution in [0.2, 0.25) is 0 Å². The number of aryl methyl sites for hydroxylation is 3. The maximum absolute atomic E-state index is 13.0. The fourth-order valence-electron chi connectivity index (χ4n) is 3.04. The Hall–Kier alpha value is -2.40. The lowest BCUT2D eigenvalue weighted by molar-refractivity contribution is 0.827. The van der Waals surface area contributed by atoms with Gasteiger partial charge in [0.2, 0.25) is 0 Å². The minimum atomic E-state index is -0.0951. The van der Waals surface area contributed by atoms with E-state index in [1.165, 1.54) is 0 Å². The molecule has 0 amide bonds. The van der Waals surface area contributed by atoms with Crippen LogP contribution >= 0.6 is 15.9 Å². The molecular formula is C21H22BrN3O. The zero-order valence-corrected chi connectivity index (χ0v) is 17.2. The van der Waals surface area contributed by atoms with E-state index >= 15 is 0 Å². The SMILES string of the molecule is Cc1cccc(C)c1N=Cc1c(C)[nH]n(-c2ccc(Br)c(C)c2C)c1=O. The summed E-state index contributed by atoms with van der Waals surface area (Å²) in [5, 5.41) is 3.18. The summed E-state index contributed by atoms with van der Waals surface area (Å²) >= 11 is 3.54. The molecule has 0 aliphatic carbocycles. The summed E-state index contributed by atoms with van der Waals surface area (Å²) in [5.74, 6) is 0. The van der Waals surface area contributed by atoms with E-state index in [4.69, 9.17) is 0 Å². The largest absolute Gasteiger partial charge is 0.295 e. The topological polar surface area (TPSA) is 50.1 Å². The van der Waals surface area contributed by atoms with Crippen LogP contribution in [0.4, 0.5) is 5.69 Å². The molecule has 3 aromatic rings. The zero-order chi connectivity index (χ0) is 19.0. The minimum absolute atomic E-state index is 0.0951. The summed E-state index contributed by atoms with van der Waals surface area (Å²) in [7, 11) is 0. The number of nitrogens with zero attached hydrogens (tertiary/aromatic N) is 2. The van der Waals surface area contributed by atoms with Crippen molar-refractivity contribution in [1.29, 1.82) is 0 Å². The Morgan fingerprint density at radius 3 is 2.31 bits per heavy atom. The maximum Gasteiger partial charge on any atom is 0.280 e. The quantitative estimate of drug-likeness (QED) is 0.589. The Bertz CT molecular complexity index is 1050. The second kappa shape index (κ2) is 7.08. The number of aromatic nitrogens is 2. The van der Waals surface area contributed by atoms with Gasteiger partial charge in [0.15, 0.2) is 0 Å². The van der Waals surface area contributed by atoms with Gasteiger partial charge in [0.1, 0.15) is 0 Å². The number of rotatable bonds is 3. The molecule has 5 heteroatoms. The van der Waals surface area contributed by atoms with Crippen LogP contribution in [0.15, 0.2) is 44.6 Å². The molecule has 0 radical (unpaired) electrons. The number of hydrogen-bond acceptors (Lipinski definition) is 2. The van der Waals surface area contributed by atoms with E-state index in [0.717, 1.165) is 43.8 Å². The van der Waals surface area contributed by atoms with Crippen LogP contribution in [0.25, 0.3) is 5.69 Å². The summed E-state index contributed by atoms with van der Waals surface area (Å²) < 4.78 is 2.63. The van der Waals surface area contributed by atoms with Gasteiger partial charge < -0.3 is 0 Å². The van der Waals surface area contributed by atoms with Crippen LogP contribution < -0.4 is 5.56 Å². The van der Waals surface area contributed by atoms with E-state index < -0.39 is 0 Å². The number of H-pyrrole nitrogens is 1. The molecule has 0 fully saturated rings. The molecule has 0 saturated heterocycles. The molecule has 134 valence electrons. The third-order valence-electron chi connectivity index (χ3n) is 4.81. The van der Waals surface area contributed by atoms with Crippen molar-refractivity contribution < 1.29 is 0 Å². The first-order valence-electron chi connectivity index (χ1n) is 8.49. The summed E-state index contributed by atoms with van der Waals surface area (Å²) in [6.45, 7) is 9.99. The highest BCUT2D eigenvalue weighted by atomic mass is 79.9. The van der Waals surface area contributed by atoms with E-state index in [0.29, 0.717) is 5.56 Å². The van der Waals surface area contributed by atoms with E-state index in [2.05, 4.69) is 26.0 Å². The van der Waals surface area contributed by atoms with Gasteiger partial charge in [-0.15, -0.1) is 0 Å². The van der Waals surface area contributed by atoms with Crippen molar-refractivity contribution in [2.75, 3.05) is 0 Å². The maximum atomic E-state index is 13.0. The number of para-hydroxylation sites is 1. The first-order valence-corrected chi connectivity index (χ1v) is 9.28. The first kappa shape index (κ1) is 18.4. The second-order valence-electron chi connectivity index (χ2n) is 6.61. The Kier molecular flexibility index (Phi) is 5.01. The van der Waals surface area contributed by atoms with E-state index in [1.54, 1.807) is 10.9 Å². The van der Waals surface area contributed by atoms with Gasteiger partial charge >= 0.3 is 0 Å². The van der Waals surface area contributed by atoms with Crippen molar-refractivity contribution in [1.82, 2.24) is 9.78 Å². The first-order chi connectivity index (χ1) is 12.3. The van der Waals surface area contributed by atoms with Gasteiger partial charge in [-0.3, -0.25) is 14.9 Å². The lowest BCUT2D eigenvalue weighted by Crippen LogP contribution is -2.18. The monoisotopic (exact) mass is 411 g/mol. The predicted molar refractivity (Wildman–Crippen MR) is 111 cm³/mol. The molecule has 0 aliphatic rings. The summed E-state index contributed by atoms with van der Waals surface area (Å²) in [4.78, 5) is 17.6. The van der Waals surface area contributed by atoms with E-state index in [1.807, 2.05) is 65.0 Å². The molecule has 0 saturated carbocycles. The van der Waals surface area contributed by atoms with Gasteiger partial charge in [0, 0.05) is 16.4 Å². The molecule has 0 aliphatic heterocycles. The van der Waals surface area contributed by atoms with Crippen LogP contribution in [0.5, 0.6) is 0 Å². The van der Waals surface area contributed by atoms with Gasteiger partial charge in [-0.25, -0.2) is 4.68 Å². The van der Waals surface area contributed by atoms with Crippen molar-refractivity contribution in [3.63, 3.8) is 0 Å². The summed E-state index contributed by atoms with van der Waals surface area (Å²) in [5.41, 5.74) is 7.40.